The average molecular weight is 257 g/mol. The molecule has 0 bridgehead atoms. The van der Waals surface area contributed by atoms with E-state index in [1.807, 2.05) is 13.0 Å². The molecule has 3 aromatic rings. The Morgan fingerprint density at radius 1 is 1.26 bits per heavy atom. The molecule has 5 nitrogen and oxygen atoms in total. The second-order valence-corrected chi connectivity index (χ2v) is 4.13. The van der Waals surface area contributed by atoms with Gasteiger partial charge in [0.25, 0.3) is 5.89 Å². The summed E-state index contributed by atoms with van der Waals surface area (Å²) in [7, 11) is 0. The summed E-state index contributed by atoms with van der Waals surface area (Å²) in [6.07, 6.45) is 0.795. The highest BCUT2D eigenvalue weighted by molar-refractivity contribution is 5.92. The molecule has 0 atom stereocenters. The first-order valence-corrected chi connectivity index (χ1v) is 5.90. The number of aryl methyl sites for hydroxylation is 1. The lowest BCUT2D eigenvalue weighted by molar-refractivity contribution is 0.0697. The SMILES string of the molecule is CCc1ccc(-c2nc3cc(C(=O)O)ccc3o2)o1. The zero-order valence-electron chi connectivity index (χ0n) is 10.2. The number of rotatable bonds is 3. The van der Waals surface area contributed by atoms with Crippen LogP contribution >= 0.6 is 0 Å². The van der Waals surface area contributed by atoms with Crippen molar-refractivity contribution in [1.29, 1.82) is 0 Å². The third-order valence-electron chi connectivity index (χ3n) is 2.86. The van der Waals surface area contributed by atoms with E-state index >= 15 is 0 Å². The van der Waals surface area contributed by atoms with Crippen molar-refractivity contribution in [2.24, 2.45) is 0 Å². The molecule has 0 saturated heterocycles. The topological polar surface area (TPSA) is 76.5 Å². The molecule has 2 heterocycles. The monoisotopic (exact) mass is 257 g/mol. The summed E-state index contributed by atoms with van der Waals surface area (Å²) in [4.78, 5) is 15.1. The number of aromatic nitrogens is 1. The Kier molecular flexibility index (Phi) is 2.59. The molecular weight excluding hydrogens is 246 g/mol. The summed E-state index contributed by atoms with van der Waals surface area (Å²) in [5.74, 6) is 0.767. The van der Waals surface area contributed by atoms with E-state index in [2.05, 4.69) is 4.98 Å². The van der Waals surface area contributed by atoms with Crippen LogP contribution in [0.1, 0.15) is 23.0 Å². The number of furan rings is 1. The van der Waals surface area contributed by atoms with E-state index in [1.165, 1.54) is 12.1 Å². The normalized spacial score (nSPS) is 11.0. The predicted octanol–water partition coefficient (Wildman–Crippen LogP) is 3.35. The maximum Gasteiger partial charge on any atom is 0.335 e. The van der Waals surface area contributed by atoms with Gasteiger partial charge < -0.3 is 13.9 Å². The molecular formula is C14H11NO4. The molecule has 0 aliphatic heterocycles. The molecule has 5 heteroatoms. The number of hydrogen-bond acceptors (Lipinski definition) is 4. The second-order valence-electron chi connectivity index (χ2n) is 4.13. The highest BCUT2D eigenvalue weighted by Gasteiger charge is 2.13. The first-order valence-electron chi connectivity index (χ1n) is 5.90. The van der Waals surface area contributed by atoms with Gasteiger partial charge in [0.15, 0.2) is 11.3 Å². The number of aromatic carboxylic acids is 1. The highest BCUT2D eigenvalue weighted by atomic mass is 16.4. The van der Waals surface area contributed by atoms with Gasteiger partial charge in [0.1, 0.15) is 11.3 Å². The molecule has 0 aliphatic rings. The molecule has 0 radical (unpaired) electrons. The Balaban J connectivity index is 2.08. The number of hydrogen-bond donors (Lipinski definition) is 1. The lowest BCUT2D eigenvalue weighted by Gasteiger charge is -1.91. The van der Waals surface area contributed by atoms with Crippen LogP contribution in [0, 0.1) is 0 Å². The quantitative estimate of drug-likeness (QED) is 0.778. The summed E-state index contributed by atoms with van der Waals surface area (Å²) in [6.45, 7) is 1.99. The van der Waals surface area contributed by atoms with E-state index in [0.29, 0.717) is 22.8 Å². The highest BCUT2D eigenvalue weighted by Crippen LogP contribution is 2.26. The fourth-order valence-corrected chi connectivity index (χ4v) is 1.85. The molecule has 96 valence electrons. The van der Waals surface area contributed by atoms with Crippen LogP contribution in [-0.2, 0) is 6.42 Å². The number of oxazole rings is 1. The molecule has 0 fully saturated rings. The van der Waals surface area contributed by atoms with Gasteiger partial charge in [-0.1, -0.05) is 6.92 Å². The van der Waals surface area contributed by atoms with Crippen molar-refractivity contribution in [3.05, 3.63) is 41.7 Å². The Bertz CT molecular complexity index is 754. The summed E-state index contributed by atoms with van der Waals surface area (Å²) in [6, 6.07) is 8.22. The number of nitrogens with zero attached hydrogens (tertiary/aromatic N) is 1. The van der Waals surface area contributed by atoms with E-state index < -0.39 is 5.97 Å². The van der Waals surface area contributed by atoms with Crippen LogP contribution in [0.4, 0.5) is 0 Å². The average Bonchev–Trinajstić information content (AvgIpc) is 3.03. The van der Waals surface area contributed by atoms with Gasteiger partial charge in [-0.15, -0.1) is 0 Å². The summed E-state index contributed by atoms with van der Waals surface area (Å²) < 4.78 is 11.1. The Morgan fingerprint density at radius 3 is 2.79 bits per heavy atom. The smallest absolute Gasteiger partial charge is 0.335 e. The second kappa shape index (κ2) is 4.28. The van der Waals surface area contributed by atoms with Gasteiger partial charge in [0, 0.05) is 6.42 Å². The lowest BCUT2D eigenvalue weighted by atomic mass is 10.2. The van der Waals surface area contributed by atoms with Crippen LogP contribution in [0.5, 0.6) is 0 Å². The fraction of sp³-hybridized carbons (Fsp3) is 0.143. The molecule has 0 saturated carbocycles. The standard InChI is InChI=1S/C14H11NO4/c1-2-9-4-6-12(18-9)13-15-10-7-8(14(16)17)3-5-11(10)19-13/h3-7H,2H2,1H3,(H,16,17). The van der Waals surface area contributed by atoms with Crippen LogP contribution in [0.2, 0.25) is 0 Å². The molecule has 3 rings (SSSR count). The van der Waals surface area contributed by atoms with E-state index in [9.17, 15) is 4.79 Å². The minimum atomic E-state index is -0.988. The molecule has 1 N–H and O–H groups in total. The fourth-order valence-electron chi connectivity index (χ4n) is 1.85. The van der Waals surface area contributed by atoms with Gasteiger partial charge >= 0.3 is 5.97 Å². The van der Waals surface area contributed by atoms with Crippen molar-refractivity contribution in [1.82, 2.24) is 4.98 Å². The van der Waals surface area contributed by atoms with E-state index in [4.69, 9.17) is 13.9 Å². The predicted molar refractivity (Wildman–Crippen MR) is 68.0 cm³/mol. The van der Waals surface area contributed by atoms with Gasteiger partial charge in [-0.25, -0.2) is 9.78 Å². The van der Waals surface area contributed by atoms with Crippen LogP contribution in [-0.4, -0.2) is 16.1 Å². The van der Waals surface area contributed by atoms with Gasteiger partial charge in [-0.2, -0.15) is 0 Å². The van der Waals surface area contributed by atoms with E-state index in [0.717, 1.165) is 12.2 Å². The third kappa shape index (κ3) is 1.99. The zero-order chi connectivity index (χ0) is 13.4. The maximum atomic E-state index is 10.9. The van der Waals surface area contributed by atoms with Crippen LogP contribution in [0.3, 0.4) is 0 Å². The van der Waals surface area contributed by atoms with Crippen molar-refractivity contribution < 1.29 is 18.7 Å². The molecule has 1 aromatic carbocycles. The molecule has 0 unspecified atom stereocenters. The maximum absolute atomic E-state index is 10.9. The summed E-state index contributed by atoms with van der Waals surface area (Å²) in [5.41, 5.74) is 1.22. The number of carbonyl (C=O) groups is 1. The largest absolute Gasteiger partial charge is 0.478 e. The van der Waals surface area contributed by atoms with Crippen LogP contribution in [0.25, 0.3) is 22.8 Å². The van der Waals surface area contributed by atoms with E-state index in [-0.39, 0.29) is 5.56 Å². The number of carboxylic acid groups (broad SMARTS) is 1. The molecule has 2 aromatic heterocycles. The first-order chi connectivity index (χ1) is 9.17. The lowest BCUT2D eigenvalue weighted by Crippen LogP contribution is -1.94. The van der Waals surface area contributed by atoms with Gasteiger partial charge in [0.2, 0.25) is 0 Å². The van der Waals surface area contributed by atoms with Crippen molar-refractivity contribution in [2.75, 3.05) is 0 Å². The number of fused-ring (bicyclic) bond motifs is 1. The Hall–Kier alpha value is -2.56. The molecule has 19 heavy (non-hydrogen) atoms. The Labute approximate surface area is 108 Å². The van der Waals surface area contributed by atoms with E-state index in [1.54, 1.807) is 12.1 Å². The minimum absolute atomic E-state index is 0.182. The van der Waals surface area contributed by atoms with Crippen molar-refractivity contribution in [2.45, 2.75) is 13.3 Å². The summed E-state index contributed by atoms with van der Waals surface area (Å²) in [5, 5.41) is 8.93. The van der Waals surface area contributed by atoms with Crippen molar-refractivity contribution in [3.63, 3.8) is 0 Å². The first kappa shape index (κ1) is 11.5. The third-order valence-corrected chi connectivity index (χ3v) is 2.86. The minimum Gasteiger partial charge on any atom is -0.478 e. The van der Waals surface area contributed by atoms with Gasteiger partial charge in [-0.05, 0) is 30.3 Å². The zero-order valence-corrected chi connectivity index (χ0v) is 10.2. The molecule has 0 spiro atoms. The number of carboxylic acids is 1. The Morgan fingerprint density at radius 2 is 2.11 bits per heavy atom. The van der Waals surface area contributed by atoms with Gasteiger partial charge in [0.05, 0.1) is 5.56 Å². The van der Waals surface area contributed by atoms with Crippen LogP contribution in [0.15, 0.2) is 39.2 Å². The van der Waals surface area contributed by atoms with Crippen LogP contribution < -0.4 is 0 Å². The van der Waals surface area contributed by atoms with Crippen molar-refractivity contribution in [3.8, 4) is 11.7 Å². The summed E-state index contributed by atoms with van der Waals surface area (Å²) >= 11 is 0. The molecule has 0 amide bonds. The van der Waals surface area contributed by atoms with Crippen molar-refractivity contribution >= 4 is 17.1 Å². The number of benzene rings is 1. The van der Waals surface area contributed by atoms with Gasteiger partial charge in [-0.3, -0.25) is 0 Å². The molecule has 0 aliphatic carbocycles.